The van der Waals surface area contributed by atoms with E-state index in [4.69, 9.17) is 0 Å². The summed E-state index contributed by atoms with van der Waals surface area (Å²) in [6.45, 7) is 0. The van der Waals surface area contributed by atoms with E-state index in [0.717, 1.165) is 14.3 Å². The maximum atomic E-state index is 12.6. The Labute approximate surface area is 152 Å². The number of rotatable bonds is 4. The van der Waals surface area contributed by atoms with Crippen LogP contribution in [-0.2, 0) is 10.1 Å². The highest BCUT2D eigenvalue weighted by Gasteiger charge is 2.49. The second-order valence-corrected chi connectivity index (χ2v) is 9.37. The van der Waals surface area contributed by atoms with Gasteiger partial charge in [0, 0.05) is 5.39 Å². The maximum absolute atomic E-state index is 12.6. The fraction of sp³-hybridized carbons (Fsp3) is 0.0588. The van der Waals surface area contributed by atoms with Crippen LogP contribution >= 0.6 is 0 Å². The average molecular weight is 479 g/mol. The molecule has 0 bridgehead atoms. The van der Waals surface area contributed by atoms with Crippen LogP contribution in [0.2, 0.25) is 0 Å². The van der Waals surface area contributed by atoms with Crippen LogP contribution in [0.15, 0.2) is 66.7 Å². The van der Waals surface area contributed by atoms with E-state index < -0.39 is 36.8 Å². The molecule has 0 fully saturated rings. The molecule has 0 aliphatic heterocycles. The summed E-state index contributed by atoms with van der Waals surface area (Å²) >= 11 is -0.943. The fourth-order valence-corrected chi connectivity index (χ4v) is 5.50. The van der Waals surface area contributed by atoms with E-state index in [1.54, 1.807) is 12.1 Å². The number of fused-ring (bicyclic) bond motifs is 1. The molecule has 8 heteroatoms. The molecule has 0 saturated heterocycles. The van der Waals surface area contributed by atoms with Crippen molar-refractivity contribution in [3.8, 4) is 5.75 Å². The Hall–Kier alpha value is -1.81. The Morgan fingerprint density at radius 3 is 2.16 bits per heavy atom. The van der Waals surface area contributed by atoms with Gasteiger partial charge in [0.05, 0.1) is 0 Å². The lowest BCUT2D eigenvalue weighted by molar-refractivity contribution is -0.595. The third-order valence-corrected chi connectivity index (χ3v) is 7.22. The van der Waals surface area contributed by atoms with Crippen molar-refractivity contribution in [3.05, 3.63) is 73.9 Å². The van der Waals surface area contributed by atoms with Crippen molar-refractivity contribution >= 4 is 20.9 Å². The minimum atomic E-state index is -5.69. The first-order chi connectivity index (χ1) is 11.8. The van der Waals surface area contributed by atoms with Gasteiger partial charge in [0.15, 0.2) is 5.75 Å². The summed E-state index contributed by atoms with van der Waals surface area (Å²) in [5.74, 6) is -0.277. The second kappa shape index (κ2) is 6.83. The zero-order valence-corrected chi connectivity index (χ0v) is 15.5. The molecule has 3 nitrogen and oxygen atoms in total. The Bertz CT molecular complexity index is 1010. The van der Waals surface area contributed by atoms with E-state index in [9.17, 15) is 21.6 Å². The van der Waals surface area contributed by atoms with Gasteiger partial charge in [0.25, 0.3) is 0 Å². The van der Waals surface area contributed by atoms with Crippen LogP contribution in [0.5, 0.6) is 5.75 Å². The van der Waals surface area contributed by atoms with E-state index >= 15 is 0 Å². The summed E-state index contributed by atoms with van der Waals surface area (Å²) in [6, 6.07) is 19.3. The predicted octanol–water partition coefficient (Wildman–Crippen LogP) is 1.20. The van der Waals surface area contributed by atoms with E-state index in [0.29, 0.717) is 3.57 Å². The molecular formula is C17H11F3IO3S+. The van der Waals surface area contributed by atoms with Crippen molar-refractivity contribution in [2.45, 2.75) is 5.51 Å². The first-order valence-electron chi connectivity index (χ1n) is 7.00. The van der Waals surface area contributed by atoms with Gasteiger partial charge in [-0.1, -0.05) is 42.5 Å². The van der Waals surface area contributed by atoms with Crippen molar-refractivity contribution in [1.29, 1.82) is 0 Å². The summed E-state index contributed by atoms with van der Waals surface area (Å²) in [5, 5.41) is 2.01. The minimum Gasteiger partial charge on any atom is -0.371 e. The normalized spacial score (nSPS) is 12.3. The molecule has 0 aliphatic carbocycles. The predicted molar refractivity (Wildman–Crippen MR) is 83.4 cm³/mol. The Balaban J connectivity index is 1.99. The first kappa shape index (κ1) is 18.0. The largest absolute Gasteiger partial charge is 0.534 e. The van der Waals surface area contributed by atoms with Gasteiger partial charge in [-0.2, -0.15) is 21.6 Å². The lowest BCUT2D eigenvalue weighted by atomic mass is 10.1. The highest BCUT2D eigenvalue weighted by atomic mass is 127. The maximum Gasteiger partial charge on any atom is 0.534 e. The summed E-state index contributed by atoms with van der Waals surface area (Å²) in [4.78, 5) is 0. The quantitative estimate of drug-likeness (QED) is 0.321. The summed E-state index contributed by atoms with van der Waals surface area (Å²) in [5.41, 5.74) is -5.46. The smallest absolute Gasteiger partial charge is 0.371 e. The van der Waals surface area contributed by atoms with Crippen LogP contribution in [0.4, 0.5) is 13.2 Å². The molecule has 3 aromatic carbocycles. The van der Waals surface area contributed by atoms with Crippen molar-refractivity contribution in [1.82, 2.24) is 0 Å². The molecule has 0 heterocycles. The Morgan fingerprint density at radius 2 is 1.40 bits per heavy atom. The molecule has 3 aromatic rings. The van der Waals surface area contributed by atoms with Gasteiger partial charge in [-0.25, -0.2) is 0 Å². The third-order valence-electron chi connectivity index (χ3n) is 3.26. The van der Waals surface area contributed by atoms with Crippen LogP contribution in [0.1, 0.15) is 0 Å². The zero-order valence-electron chi connectivity index (χ0n) is 12.5. The van der Waals surface area contributed by atoms with E-state index in [2.05, 4.69) is 4.18 Å². The van der Waals surface area contributed by atoms with E-state index in [1.165, 1.54) is 12.1 Å². The molecule has 0 radical (unpaired) electrons. The van der Waals surface area contributed by atoms with Gasteiger partial charge in [0.1, 0.15) is 0 Å². The third kappa shape index (κ3) is 3.90. The fourth-order valence-electron chi connectivity index (χ4n) is 2.13. The molecule has 0 amide bonds. The molecule has 25 heavy (non-hydrogen) atoms. The molecule has 0 aliphatic rings. The van der Waals surface area contributed by atoms with Crippen LogP contribution in [0.3, 0.4) is 0 Å². The molecule has 0 N–H and O–H groups in total. The molecule has 130 valence electrons. The van der Waals surface area contributed by atoms with Crippen LogP contribution in [-0.4, -0.2) is 13.9 Å². The Kier molecular flexibility index (Phi) is 4.92. The molecule has 0 unspecified atom stereocenters. The molecule has 0 spiro atoms. The molecule has 3 rings (SSSR count). The minimum absolute atomic E-state index is 0.277. The van der Waals surface area contributed by atoms with Crippen LogP contribution < -0.4 is 25.4 Å². The van der Waals surface area contributed by atoms with Gasteiger partial charge >= 0.3 is 36.8 Å². The van der Waals surface area contributed by atoms with Crippen LogP contribution in [0.25, 0.3) is 10.8 Å². The van der Waals surface area contributed by atoms with E-state index in [1.807, 2.05) is 42.5 Å². The van der Waals surface area contributed by atoms with Gasteiger partial charge in [0.2, 0.25) is 7.14 Å². The summed E-state index contributed by atoms with van der Waals surface area (Å²) < 4.78 is 66.1. The van der Waals surface area contributed by atoms with Gasteiger partial charge < -0.3 is 4.18 Å². The highest BCUT2D eigenvalue weighted by Crippen LogP contribution is 2.26. The summed E-state index contributed by atoms with van der Waals surface area (Å²) in [6.07, 6.45) is 0. The van der Waals surface area contributed by atoms with Gasteiger partial charge in [-0.15, -0.1) is 0 Å². The average Bonchev–Trinajstić information content (AvgIpc) is 2.56. The number of benzene rings is 3. The Morgan fingerprint density at radius 1 is 0.800 bits per heavy atom. The second-order valence-electron chi connectivity index (χ2n) is 4.97. The van der Waals surface area contributed by atoms with Crippen molar-refractivity contribution in [3.63, 3.8) is 0 Å². The molecule has 0 atom stereocenters. The van der Waals surface area contributed by atoms with E-state index in [-0.39, 0.29) is 5.75 Å². The topological polar surface area (TPSA) is 43.4 Å². The first-order valence-corrected chi connectivity index (χ1v) is 10.6. The van der Waals surface area contributed by atoms with Crippen molar-refractivity contribution < 1.29 is 47.0 Å². The summed E-state index contributed by atoms with van der Waals surface area (Å²) in [7, 11) is -5.69. The molecular weight excluding hydrogens is 468 g/mol. The molecule has 0 aromatic heterocycles. The number of hydrogen-bond acceptors (Lipinski definition) is 3. The van der Waals surface area contributed by atoms with Crippen molar-refractivity contribution in [2.75, 3.05) is 0 Å². The lowest BCUT2D eigenvalue weighted by Crippen LogP contribution is -3.61. The highest BCUT2D eigenvalue weighted by molar-refractivity contribution is 7.87. The standard InChI is InChI=1S/C17H11F3IO3S/c18-17(19,20)25(22,23)24-16-11-4-3-9-15(16)21-14-10-5-7-12-6-1-2-8-13(12)14/h1-11H/q+1. The molecule has 0 saturated carbocycles. The lowest BCUT2D eigenvalue weighted by Gasteiger charge is -2.09. The SMILES string of the molecule is O=S(=O)(Oc1ccccc1[I+]c1cccc2ccccc12)C(F)(F)F. The number of halogens is 4. The number of alkyl halides is 3. The number of hydrogen-bond donors (Lipinski definition) is 0. The van der Waals surface area contributed by atoms with Gasteiger partial charge in [-0.3, -0.25) is 0 Å². The van der Waals surface area contributed by atoms with Crippen molar-refractivity contribution in [2.24, 2.45) is 0 Å². The van der Waals surface area contributed by atoms with Crippen LogP contribution in [0, 0.1) is 7.14 Å². The van der Waals surface area contributed by atoms with Gasteiger partial charge in [-0.05, 0) is 29.7 Å². The number of para-hydroxylation sites is 1. The monoisotopic (exact) mass is 479 g/mol. The zero-order chi connectivity index (χ0) is 18.1.